The van der Waals surface area contributed by atoms with Gasteiger partial charge in [-0.15, -0.1) is 0 Å². The Morgan fingerprint density at radius 1 is 1.09 bits per heavy atom. The molecule has 0 saturated carbocycles. The predicted molar refractivity (Wildman–Crippen MR) is 125 cm³/mol. The Morgan fingerprint density at radius 2 is 1.76 bits per heavy atom. The molecule has 1 heterocycles. The molecule has 2 aromatic rings. The predicted octanol–water partition coefficient (Wildman–Crippen LogP) is 2.23. The lowest BCUT2D eigenvalue weighted by Crippen LogP contribution is -2.40. The third kappa shape index (κ3) is 6.34. The Hall–Kier alpha value is -2.95. The summed E-state index contributed by atoms with van der Waals surface area (Å²) in [6.45, 7) is 5.20. The minimum absolute atomic E-state index is 0.0443. The number of amides is 1. The summed E-state index contributed by atoms with van der Waals surface area (Å²) >= 11 is 0. The van der Waals surface area contributed by atoms with Crippen molar-refractivity contribution in [3.63, 3.8) is 0 Å². The van der Waals surface area contributed by atoms with Gasteiger partial charge in [-0.05, 0) is 49.2 Å². The molecule has 0 aliphatic carbocycles. The second-order valence-electron chi connectivity index (χ2n) is 7.90. The van der Waals surface area contributed by atoms with E-state index in [1.807, 2.05) is 31.2 Å². The van der Waals surface area contributed by atoms with Crippen LogP contribution >= 0.6 is 0 Å². The molecule has 0 unspecified atom stereocenters. The lowest BCUT2D eigenvalue weighted by molar-refractivity contribution is -0.133. The molecule has 184 valence electrons. The van der Waals surface area contributed by atoms with E-state index in [-0.39, 0.29) is 29.5 Å². The number of rotatable bonds is 9. The summed E-state index contributed by atoms with van der Waals surface area (Å²) in [6, 6.07) is 11.7. The highest BCUT2D eigenvalue weighted by Gasteiger charge is 2.28. The zero-order valence-electron chi connectivity index (χ0n) is 19.7. The summed E-state index contributed by atoms with van der Waals surface area (Å²) in [7, 11) is -2.16. The molecule has 10 heteroatoms. The molecule has 2 aromatic carbocycles. The number of morpholine rings is 1. The van der Waals surface area contributed by atoms with Crippen molar-refractivity contribution in [2.45, 2.75) is 25.3 Å². The maximum absolute atomic E-state index is 13.0. The van der Waals surface area contributed by atoms with Crippen LogP contribution < -0.4 is 4.74 Å². The lowest BCUT2D eigenvalue weighted by atomic mass is 10.1. The van der Waals surface area contributed by atoms with E-state index in [1.165, 1.54) is 21.3 Å². The van der Waals surface area contributed by atoms with Gasteiger partial charge in [0.1, 0.15) is 5.75 Å². The average Bonchev–Trinajstić information content (AvgIpc) is 2.84. The van der Waals surface area contributed by atoms with E-state index in [0.29, 0.717) is 31.9 Å². The first kappa shape index (κ1) is 25.7. The van der Waals surface area contributed by atoms with E-state index >= 15 is 0 Å². The van der Waals surface area contributed by atoms with Crippen molar-refractivity contribution in [2.75, 3.05) is 46.6 Å². The van der Waals surface area contributed by atoms with E-state index in [1.54, 1.807) is 20.0 Å². The van der Waals surface area contributed by atoms with E-state index in [9.17, 15) is 18.0 Å². The van der Waals surface area contributed by atoms with Gasteiger partial charge in [0.05, 0.1) is 30.3 Å². The van der Waals surface area contributed by atoms with Crippen LogP contribution in [-0.4, -0.2) is 76.1 Å². The van der Waals surface area contributed by atoms with Crippen molar-refractivity contribution < 1.29 is 32.2 Å². The number of sulfonamides is 1. The highest BCUT2D eigenvalue weighted by Crippen LogP contribution is 2.23. The van der Waals surface area contributed by atoms with Crippen molar-refractivity contribution >= 4 is 21.9 Å². The first-order valence-electron chi connectivity index (χ1n) is 11.0. The van der Waals surface area contributed by atoms with Gasteiger partial charge in [0.25, 0.3) is 5.91 Å². The number of esters is 1. The highest BCUT2D eigenvalue weighted by molar-refractivity contribution is 7.89. The Kier molecular flexibility index (Phi) is 8.65. The minimum atomic E-state index is -3.77. The number of likely N-dealkylation sites (N-methyl/N-ethyl adjacent to an activating group) is 1. The summed E-state index contributed by atoms with van der Waals surface area (Å²) in [6.07, 6.45) is 0. The van der Waals surface area contributed by atoms with Crippen molar-refractivity contribution in [1.29, 1.82) is 0 Å². The van der Waals surface area contributed by atoms with Crippen LogP contribution in [0.25, 0.3) is 0 Å². The lowest BCUT2D eigenvalue weighted by Gasteiger charge is -2.26. The van der Waals surface area contributed by atoms with Crippen molar-refractivity contribution in [1.82, 2.24) is 9.21 Å². The van der Waals surface area contributed by atoms with Gasteiger partial charge >= 0.3 is 5.97 Å². The number of benzene rings is 2. The van der Waals surface area contributed by atoms with Crippen LogP contribution in [0.15, 0.2) is 47.4 Å². The van der Waals surface area contributed by atoms with Crippen LogP contribution in [0.2, 0.25) is 0 Å². The molecule has 1 aliphatic heterocycles. The molecular weight excluding hydrogens is 460 g/mol. The monoisotopic (exact) mass is 490 g/mol. The van der Waals surface area contributed by atoms with Crippen LogP contribution in [0.5, 0.6) is 5.75 Å². The summed E-state index contributed by atoms with van der Waals surface area (Å²) in [4.78, 5) is 26.5. The van der Waals surface area contributed by atoms with Gasteiger partial charge in [0, 0.05) is 26.7 Å². The van der Waals surface area contributed by atoms with Crippen LogP contribution in [0, 0.1) is 6.92 Å². The normalized spacial score (nSPS) is 14.4. The molecule has 9 nitrogen and oxygen atoms in total. The second kappa shape index (κ2) is 11.5. The fourth-order valence-electron chi connectivity index (χ4n) is 3.47. The largest absolute Gasteiger partial charge is 0.494 e. The number of carbonyl (C=O) groups excluding carboxylic acids is 2. The van der Waals surface area contributed by atoms with Gasteiger partial charge in [0.15, 0.2) is 6.61 Å². The molecule has 0 bridgehead atoms. The maximum atomic E-state index is 13.0. The van der Waals surface area contributed by atoms with E-state index in [0.717, 1.165) is 11.3 Å². The first-order valence-corrected chi connectivity index (χ1v) is 12.5. The van der Waals surface area contributed by atoms with Crippen molar-refractivity contribution in [3.8, 4) is 5.75 Å². The Labute approximate surface area is 200 Å². The average molecular weight is 491 g/mol. The number of nitrogens with zero attached hydrogens (tertiary/aromatic N) is 2. The van der Waals surface area contributed by atoms with E-state index in [4.69, 9.17) is 14.2 Å². The van der Waals surface area contributed by atoms with Crippen LogP contribution in [-0.2, 0) is 30.8 Å². The van der Waals surface area contributed by atoms with Gasteiger partial charge in [-0.2, -0.15) is 4.31 Å². The number of hydrogen-bond donors (Lipinski definition) is 0. The first-order chi connectivity index (χ1) is 16.2. The molecule has 1 amide bonds. The van der Waals surface area contributed by atoms with Crippen molar-refractivity contribution in [3.05, 3.63) is 59.2 Å². The topological polar surface area (TPSA) is 102 Å². The fraction of sp³-hybridized carbons (Fsp3) is 0.417. The Bertz CT molecular complexity index is 1110. The van der Waals surface area contributed by atoms with Gasteiger partial charge in [-0.3, -0.25) is 4.79 Å². The SMILES string of the molecule is CCOc1ccc(CN(C)C(=O)COC(=O)c2ccc(C)c(S(=O)(=O)N3CCOCC3)c2)cc1. The second-order valence-corrected chi connectivity index (χ2v) is 9.81. The molecule has 0 aromatic heterocycles. The smallest absolute Gasteiger partial charge is 0.338 e. The van der Waals surface area contributed by atoms with E-state index < -0.39 is 22.6 Å². The summed E-state index contributed by atoms with van der Waals surface area (Å²) < 4.78 is 43.2. The summed E-state index contributed by atoms with van der Waals surface area (Å²) in [5.41, 5.74) is 1.50. The minimum Gasteiger partial charge on any atom is -0.494 e. The van der Waals surface area contributed by atoms with Gasteiger partial charge < -0.3 is 19.1 Å². The number of hydrogen-bond acceptors (Lipinski definition) is 7. The van der Waals surface area contributed by atoms with Gasteiger partial charge in [-0.1, -0.05) is 18.2 Å². The van der Waals surface area contributed by atoms with Gasteiger partial charge in [0.2, 0.25) is 10.0 Å². The standard InChI is InChI=1S/C24H30N2O7S/c1-4-32-21-9-6-19(7-10-21)16-25(3)23(27)17-33-24(28)20-8-5-18(2)22(15-20)34(29,30)26-11-13-31-14-12-26/h5-10,15H,4,11-14,16-17H2,1-3H3. The van der Waals surface area contributed by atoms with Crippen LogP contribution in [0.1, 0.15) is 28.4 Å². The molecular formula is C24H30N2O7S. The molecule has 0 radical (unpaired) electrons. The number of aryl methyl sites for hydroxylation is 1. The van der Waals surface area contributed by atoms with Crippen LogP contribution in [0.3, 0.4) is 0 Å². The third-order valence-electron chi connectivity index (χ3n) is 5.42. The third-order valence-corrected chi connectivity index (χ3v) is 7.46. The van der Waals surface area contributed by atoms with Gasteiger partial charge in [-0.25, -0.2) is 13.2 Å². The molecule has 1 saturated heterocycles. The maximum Gasteiger partial charge on any atom is 0.338 e. The zero-order valence-corrected chi connectivity index (χ0v) is 20.5. The number of carbonyl (C=O) groups is 2. The summed E-state index contributed by atoms with van der Waals surface area (Å²) in [5.74, 6) is -0.390. The molecule has 34 heavy (non-hydrogen) atoms. The fourth-order valence-corrected chi connectivity index (χ4v) is 5.13. The van der Waals surface area contributed by atoms with E-state index in [2.05, 4.69) is 0 Å². The Balaban J connectivity index is 1.60. The molecule has 0 spiro atoms. The molecule has 3 rings (SSSR count). The molecule has 1 fully saturated rings. The molecule has 0 N–H and O–H groups in total. The number of ether oxygens (including phenoxy) is 3. The molecule has 1 aliphatic rings. The molecule has 0 atom stereocenters. The quantitative estimate of drug-likeness (QED) is 0.497. The Morgan fingerprint density at radius 3 is 2.41 bits per heavy atom. The summed E-state index contributed by atoms with van der Waals surface area (Å²) in [5, 5.41) is 0. The van der Waals surface area contributed by atoms with Crippen molar-refractivity contribution in [2.24, 2.45) is 0 Å². The van der Waals surface area contributed by atoms with Crippen LogP contribution in [0.4, 0.5) is 0 Å². The zero-order chi connectivity index (χ0) is 24.7. The highest BCUT2D eigenvalue weighted by atomic mass is 32.2.